The first-order chi connectivity index (χ1) is 19.4. The molecule has 2 aromatic carbocycles. The van der Waals surface area contributed by atoms with Crippen LogP contribution in [0.5, 0.6) is 0 Å². The lowest BCUT2D eigenvalue weighted by Crippen LogP contribution is -2.45. The molecule has 0 aliphatic carbocycles. The number of rotatable bonds is 4. The number of fused-ring (bicyclic) bond motifs is 1. The molecule has 4 aromatic rings. The smallest absolute Gasteiger partial charge is 0.144 e. The zero-order valence-corrected chi connectivity index (χ0v) is 24.6. The lowest BCUT2D eigenvalue weighted by atomic mass is 9.96. The van der Waals surface area contributed by atoms with Gasteiger partial charge in [-0.3, -0.25) is 0 Å². The molecule has 2 saturated heterocycles. The van der Waals surface area contributed by atoms with Crippen LogP contribution in [0.15, 0.2) is 42.6 Å². The molecule has 6 rings (SSSR count). The van der Waals surface area contributed by atoms with Crippen molar-refractivity contribution in [3.63, 3.8) is 0 Å². The number of halogens is 2. The first kappa shape index (κ1) is 28.3. The molecule has 2 aliphatic rings. The van der Waals surface area contributed by atoms with Gasteiger partial charge in [0.15, 0.2) is 0 Å². The molecule has 0 unspecified atom stereocenters. The highest BCUT2D eigenvalue weighted by Crippen LogP contribution is 2.45. The van der Waals surface area contributed by atoms with Crippen LogP contribution in [-0.2, 0) is 0 Å². The zero-order chi connectivity index (χ0) is 28.4. The molecule has 2 aliphatic heterocycles. The van der Waals surface area contributed by atoms with Crippen molar-refractivity contribution < 1.29 is 4.39 Å². The molecule has 4 heterocycles. The van der Waals surface area contributed by atoms with E-state index in [-0.39, 0.29) is 11.9 Å². The number of piperidine rings is 1. The summed E-state index contributed by atoms with van der Waals surface area (Å²) in [4.78, 5) is 20.7. The molecule has 2 aromatic heterocycles. The van der Waals surface area contributed by atoms with Crippen LogP contribution in [0.4, 0.5) is 15.9 Å². The van der Waals surface area contributed by atoms with E-state index in [9.17, 15) is 4.39 Å². The van der Waals surface area contributed by atoms with Crippen LogP contribution >= 0.6 is 11.6 Å². The van der Waals surface area contributed by atoms with Crippen molar-refractivity contribution in [1.29, 1.82) is 0 Å². The van der Waals surface area contributed by atoms with Gasteiger partial charge in [0.1, 0.15) is 17.5 Å². The Bertz CT molecular complexity index is 1450. The molecule has 3 N–H and O–H groups in total. The third-order valence-electron chi connectivity index (χ3n) is 7.72. The second kappa shape index (κ2) is 12.1. The summed E-state index contributed by atoms with van der Waals surface area (Å²) in [7, 11) is 2.15. The van der Waals surface area contributed by atoms with Gasteiger partial charge in [-0.1, -0.05) is 31.5 Å². The van der Waals surface area contributed by atoms with Gasteiger partial charge in [-0.25, -0.2) is 14.4 Å². The number of aromatic nitrogens is 3. The Hall–Kier alpha value is -3.20. The molecule has 0 radical (unpaired) electrons. The van der Waals surface area contributed by atoms with E-state index >= 15 is 0 Å². The number of likely N-dealkylation sites (N-methyl/N-ethyl adjacent to an activating group) is 1. The summed E-state index contributed by atoms with van der Waals surface area (Å²) in [5, 5.41) is 0.652. The van der Waals surface area contributed by atoms with Crippen molar-refractivity contribution in [3.8, 4) is 22.5 Å². The number of hydrogen-bond acceptors (Lipinski definition) is 6. The topological polar surface area (TPSA) is 77.3 Å². The average Bonchev–Trinajstić information content (AvgIpc) is 3.37. The van der Waals surface area contributed by atoms with Crippen molar-refractivity contribution in [2.24, 2.45) is 5.73 Å². The van der Waals surface area contributed by atoms with E-state index in [4.69, 9.17) is 27.3 Å². The fourth-order valence-corrected chi connectivity index (χ4v) is 5.79. The largest absolute Gasteiger partial charge is 0.370 e. The fraction of sp³-hybridized carbons (Fsp3) is 0.419. The van der Waals surface area contributed by atoms with Gasteiger partial charge in [0.2, 0.25) is 0 Å². The first-order valence-electron chi connectivity index (χ1n) is 14.3. The van der Waals surface area contributed by atoms with E-state index in [0.717, 1.165) is 103 Å². The third kappa shape index (κ3) is 5.80. The highest BCUT2D eigenvalue weighted by atomic mass is 35.5. The summed E-state index contributed by atoms with van der Waals surface area (Å²) in [5.74, 6) is 1.38. The Labute approximate surface area is 241 Å². The van der Waals surface area contributed by atoms with E-state index in [1.807, 2.05) is 51.2 Å². The number of anilines is 2. The molecule has 0 saturated carbocycles. The molecule has 0 spiro atoms. The normalized spacial score (nSPS) is 16.8. The minimum absolute atomic E-state index is 0.182. The SMILES string of the molecule is CC.Cc1cc(F)cc(-c2cnc(N3CCN(C)CC3)c(-c3nc4ccc(Cl)cc4[nH]3)c2N2CCC(N)CC2)c1. The number of aromatic amines is 1. The monoisotopic (exact) mass is 563 g/mol. The number of H-pyrrole nitrogens is 1. The van der Waals surface area contributed by atoms with Crippen molar-refractivity contribution >= 4 is 34.1 Å². The first-order valence-corrected chi connectivity index (χ1v) is 14.6. The minimum Gasteiger partial charge on any atom is -0.370 e. The summed E-state index contributed by atoms with van der Waals surface area (Å²) < 4.78 is 14.7. The van der Waals surface area contributed by atoms with Crippen molar-refractivity contribution in [2.75, 3.05) is 56.1 Å². The fourth-order valence-electron chi connectivity index (χ4n) is 5.62. The number of hydrogen-bond donors (Lipinski definition) is 2. The Morgan fingerprint density at radius 2 is 1.70 bits per heavy atom. The van der Waals surface area contributed by atoms with E-state index in [1.165, 1.54) is 0 Å². The number of aryl methyl sites for hydroxylation is 1. The summed E-state index contributed by atoms with van der Waals surface area (Å²) in [6, 6.07) is 11.0. The predicted octanol–water partition coefficient (Wildman–Crippen LogP) is 6.10. The van der Waals surface area contributed by atoms with Crippen LogP contribution in [0.3, 0.4) is 0 Å². The molecular weight excluding hydrogens is 525 g/mol. The number of pyridine rings is 1. The van der Waals surface area contributed by atoms with Crippen LogP contribution < -0.4 is 15.5 Å². The molecular formula is C31H39ClFN7. The second-order valence-corrected chi connectivity index (χ2v) is 11.0. The highest BCUT2D eigenvalue weighted by Gasteiger charge is 2.30. The summed E-state index contributed by atoms with van der Waals surface area (Å²) in [5.41, 5.74) is 12.6. The van der Waals surface area contributed by atoms with Gasteiger partial charge in [-0.2, -0.15) is 0 Å². The Morgan fingerprint density at radius 3 is 2.40 bits per heavy atom. The van der Waals surface area contributed by atoms with Gasteiger partial charge < -0.3 is 25.4 Å². The molecule has 212 valence electrons. The van der Waals surface area contributed by atoms with Crippen LogP contribution in [0.2, 0.25) is 5.02 Å². The minimum atomic E-state index is -0.255. The van der Waals surface area contributed by atoms with Gasteiger partial charge in [-0.05, 0) is 68.3 Å². The summed E-state index contributed by atoms with van der Waals surface area (Å²) in [6.45, 7) is 11.2. The molecule has 9 heteroatoms. The Kier molecular flexibility index (Phi) is 8.59. The van der Waals surface area contributed by atoms with Gasteiger partial charge in [0.25, 0.3) is 0 Å². The van der Waals surface area contributed by atoms with Gasteiger partial charge in [0, 0.05) is 62.1 Å². The highest BCUT2D eigenvalue weighted by molar-refractivity contribution is 6.31. The summed E-state index contributed by atoms with van der Waals surface area (Å²) >= 11 is 6.31. The van der Waals surface area contributed by atoms with Crippen molar-refractivity contribution in [1.82, 2.24) is 19.9 Å². The number of piperazine rings is 1. The Morgan fingerprint density at radius 1 is 0.975 bits per heavy atom. The van der Waals surface area contributed by atoms with Crippen LogP contribution in [0, 0.1) is 12.7 Å². The molecule has 0 bridgehead atoms. The molecule has 2 fully saturated rings. The maximum Gasteiger partial charge on any atom is 0.144 e. The quantitative estimate of drug-likeness (QED) is 0.312. The Balaban J connectivity index is 0.00000158. The van der Waals surface area contributed by atoms with E-state index < -0.39 is 0 Å². The van der Waals surface area contributed by atoms with Gasteiger partial charge in [0.05, 0.1) is 22.3 Å². The molecule has 0 amide bonds. The number of benzene rings is 2. The lowest BCUT2D eigenvalue weighted by Gasteiger charge is -2.38. The molecule has 7 nitrogen and oxygen atoms in total. The number of imidazole rings is 1. The lowest BCUT2D eigenvalue weighted by molar-refractivity contribution is 0.312. The van der Waals surface area contributed by atoms with Crippen LogP contribution in [-0.4, -0.2) is 72.2 Å². The van der Waals surface area contributed by atoms with Crippen LogP contribution in [0.1, 0.15) is 32.3 Å². The number of nitrogens with one attached hydrogen (secondary N) is 1. The summed E-state index contributed by atoms with van der Waals surface area (Å²) in [6.07, 6.45) is 3.70. The van der Waals surface area contributed by atoms with Crippen LogP contribution in [0.25, 0.3) is 33.5 Å². The molecule has 40 heavy (non-hydrogen) atoms. The zero-order valence-electron chi connectivity index (χ0n) is 23.8. The average molecular weight is 564 g/mol. The number of nitrogens with two attached hydrogens (primary N) is 1. The third-order valence-corrected chi connectivity index (χ3v) is 7.96. The van der Waals surface area contributed by atoms with E-state index in [1.54, 1.807) is 12.1 Å². The standard InChI is InChI=1S/C29H33ClFN7.C2H6/c1-18-13-19(15-21(31)14-18)23-17-33-29(38-11-9-36(2)10-12-38)26(27(23)37-7-5-22(32)6-8-37)28-34-24-4-3-20(30)16-25(24)35-28;1-2/h3-4,13-17,22H,5-12,32H2,1-2H3,(H,34,35);1-2H3. The second-order valence-electron chi connectivity index (χ2n) is 10.6. The van der Waals surface area contributed by atoms with Gasteiger partial charge >= 0.3 is 0 Å². The predicted molar refractivity (Wildman–Crippen MR) is 165 cm³/mol. The van der Waals surface area contributed by atoms with E-state index in [2.05, 4.69) is 26.7 Å². The van der Waals surface area contributed by atoms with Gasteiger partial charge in [-0.15, -0.1) is 0 Å². The molecule has 0 atom stereocenters. The number of nitrogens with zero attached hydrogens (tertiary/aromatic N) is 5. The van der Waals surface area contributed by atoms with Crippen molar-refractivity contribution in [2.45, 2.75) is 39.7 Å². The van der Waals surface area contributed by atoms with Crippen molar-refractivity contribution in [3.05, 3.63) is 59.0 Å². The van der Waals surface area contributed by atoms with E-state index in [0.29, 0.717) is 5.02 Å². The maximum absolute atomic E-state index is 14.7. The maximum atomic E-state index is 14.7.